The van der Waals surface area contributed by atoms with Gasteiger partial charge in [0.05, 0.1) is 11.0 Å². The monoisotopic (exact) mass is 814 g/mol. The third-order valence-corrected chi connectivity index (χ3v) is 12.8. The van der Waals surface area contributed by atoms with Gasteiger partial charge in [0.2, 0.25) is 0 Å². The molecule has 11 aromatic carbocycles. The van der Waals surface area contributed by atoms with E-state index in [1.807, 2.05) is 0 Å². The van der Waals surface area contributed by atoms with Crippen molar-refractivity contribution in [1.82, 2.24) is 4.57 Å². The van der Waals surface area contributed by atoms with Crippen molar-refractivity contribution in [1.29, 1.82) is 0 Å². The molecular formula is C62H42N2. The zero-order valence-electron chi connectivity index (χ0n) is 35.1. The second kappa shape index (κ2) is 15.8. The van der Waals surface area contributed by atoms with Gasteiger partial charge in [-0.05, 0) is 151 Å². The van der Waals surface area contributed by atoms with E-state index in [2.05, 4.69) is 264 Å². The molecule has 12 aromatic rings. The Morgan fingerprint density at radius 2 is 0.578 bits per heavy atom. The van der Waals surface area contributed by atoms with Gasteiger partial charge in [-0.3, -0.25) is 0 Å². The van der Waals surface area contributed by atoms with E-state index in [4.69, 9.17) is 0 Å². The summed E-state index contributed by atoms with van der Waals surface area (Å²) >= 11 is 0. The molecule has 300 valence electrons. The molecule has 0 aliphatic carbocycles. The molecule has 2 nitrogen and oxygen atoms in total. The summed E-state index contributed by atoms with van der Waals surface area (Å²) in [6.45, 7) is 0. The van der Waals surface area contributed by atoms with Crippen molar-refractivity contribution in [2.45, 2.75) is 0 Å². The van der Waals surface area contributed by atoms with Gasteiger partial charge in [0.15, 0.2) is 0 Å². The smallest absolute Gasteiger partial charge is 0.0541 e. The predicted molar refractivity (Wildman–Crippen MR) is 272 cm³/mol. The van der Waals surface area contributed by atoms with Crippen molar-refractivity contribution in [3.8, 4) is 50.2 Å². The largest absolute Gasteiger partial charge is 0.311 e. The summed E-state index contributed by atoms with van der Waals surface area (Å²) < 4.78 is 2.38. The Hall–Kier alpha value is -8.46. The van der Waals surface area contributed by atoms with Crippen molar-refractivity contribution >= 4 is 60.4 Å². The molecule has 1 aromatic heterocycles. The Balaban J connectivity index is 0.907. The number of anilines is 3. The normalized spacial score (nSPS) is 11.4. The molecule has 0 saturated heterocycles. The van der Waals surface area contributed by atoms with Gasteiger partial charge in [-0.2, -0.15) is 0 Å². The number of benzene rings is 11. The van der Waals surface area contributed by atoms with Crippen LogP contribution in [0.15, 0.2) is 255 Å². The maximum absolute atomic E-state index is 2.38. The molecule has 0 unspecified atom stereocenters. The molecule has 0 aliphatic rings. The lowest BCUT2D eigenvalue weighted by atomic mass is 9.97. The van der Waals surface area contributed by atoms with Gasteiger partial charge < -0.3 is 9.47 Å². The van der Waals surface area contributed by atoms with Crippen LogP contribution >= 0.6 is 0 Å². The minimum absolute atomic E-state index is 1.08. The van der Waals surface area contributed by atoms with E-state index >= 15 is 0 Å². The second-order valence-corrected chi connectivity index (χ2v) is 16.6. The highest BCUT2D eigenvalue weighted by Gasteiger charge is 2.16. The number of hydrogen-bond donors (Lipinski definition) is 0. The average Bonchev–Trinajstić information content (AvgIpc) is 3.71. The van der Waals surface area contributed by atoms with Crippen molar-refractivity contribution < 1.29 is 0 Å². The second-order valence-electron chi connectivity index (χ2n) is 16.6. The van der Waals surface area contributed by atoms with Crippen LogP contribution < -0.4 is 4.90 Å². The fraction of sp³-hybridized carbons (Fsp3) is 0. The third-order valence-electron chi connectivity index (χ3n) is 12.8. The minimum atomic E-state index is 1.08. The number of fused-ring (bicyclic) bond motifs is 5. The Morgan fingerprint density at radius 1 is 0.234 bits per heavy atom. The van der Waals surface area contributed by atoms with Crippen LogP contribution in [0.3, 0.4) is 0 Å². The van der Waals surface area contributed by atoms with Crippen LogP contribution in [0.2, 0.25) is 0 Å². The molecule has 0 fully saturated rings. The van der Waals surface area contributed by atoms with Crippen molar-refractivity contribution in [2.24, 2.45) is 0 Å². The van der Waals surface area contributed by atoms with Crippen molar-refractivity contribution in [3.05, 3.63) is 255 Å². The van der Waals surface area contributed by atoms with Crippen LogP contribution in [0.1, 0.15) is 0 Å². The maximum Gasteiger partial charge on any atom is 0.0541 e. The van der Waals surface area contributed by atoms with Crippen LogP contribution in [-0.2, 0) is 0 Å². The van der Waals surface area contributed by atoms with E-state index in [1.54, 1.807) is 0 Å². The fourth-order valence-corrected chi connectivity index (χ4v) is 9.50. The molecule has 0 radical (unpaired) electrons. The van der Waals surface area contributed by atoms with E-state index in [9.17, 15) is 0 Å². The summed E-state index contributed by atoms with van der Waals surface area (Å²) in [5, 5.41) is 7.53. The molecule has 64 heavy (non-hydrogen) atoms. The van der Waals surface area contributed by atoms with Gasteiger partial charge in [0.1, 0.15) is 0 Å². The summed E-state index contributed by atoms with van der Waals surface area (Å²) in [6.07, 6.45) is 0. The van der Waals surface area contributed by atoms with Gasteiger partial charge in [-0.25, -0.2) is 0 Å². The Morgan fingerprint density at radius 3 is 1.03 bits per heavy atom. The Labute approximate surface area is 373 Å². The molecule has 0 N–H and O–H groups in total. The lowest BCUT2D eigenvalue weighted by molar-refractivity contribution is 1.17. The number of rotatable bonds is 8. The highest BCUT2D eigenvalue weighted by molar-refractivity contribution is 6.09. The van der Waals surface area contributed by atoms with Crippen LogP contribution in [-0.4, -0.2) is 4.57 Å². The van der Waals surface area contributed by atoms with Crippen LogP contribution in [0.4, 0.5) is 17.1 Å². The zero-order valence-corrected chi connectivity index (χ0v) is 35.1. The van der Waals surface area contributed by atoms with Crippen molar-refractivity contribution in [3.63, 3.8) is 0 Å². The third kappa shape index (κ3) is 6.79. The minimum Gasteiger partial charge on any atom is -0.311 e. The standard InChI is InChI=1S/C62H42N2/c1-3-13-47-41-53(25-23-43(47)11-1)51-17-9-15-49(39-51)45-27-31-55(32-28-45)63(57-35-37-58(38-36-57)64-61-21-7-5-19-59(61)60-20-6-8-22-62(60)64)56-33-29-46(30-34-56)50-16-10-18-52(40-50)54-26-24-44-12-2-4-14-48(44)42-54/h1-42H. The number of nitrogens with zero attached hydrogens (tertiary/aromatic N) is 2. The topological polar surface area (TPSA) is 8.17 Å². The predicted octanol–water partition coefficient (Wildman–Crippen LogP) is 17.2. The van der Waals surface area contributed by atoms with Crippen LogP contribution in [0.25, 0.3) is 93.5 Å². The van der Waals surface area contributed by atoms with Gasteiger partial charge in [-0.15, -0.1) is 0 Å². The summed E-state index contributed by atoms with van der Waals surface area (Å²) in [4.78, 5) is 2.36. The fourth-order valence-electron chi connectivity index (χ4n) is 9.50. The summed E-state index contributed by atoms with van der Waals surface area (Å²) in [7, 11) is 0. The molecule has 0 amide bonds. The van der Waals surface area contributed by atoms with E-state index in [0.29, 0.717) is 0 Å². The quantitative estimate of drug-likeness (QED) is 0.148. The zero-order chi connectivity index (χ0) is 42.4. The summed E-state index contributed by atoms with van der Waals surface area (Å²) in [5.74, 6) is 0. The number of aromatic nitrogens is 1. The summed E-state index contributed by atoms with van der Waals surface area (Å²) in [5.41, 5.74) is 16.4. The maximum atomic E-state index is 2.38. The van der Waals surface area contributed by atoms with E-state index in [0.717, 1.165) is 22.7 Å². The lowest BCUT2D eigenvalue weighted by Gasteiger charge is -2.26. The van der Waals surface area contributed by atoms with E-state index < -0.39 is 0 Å². The first-order chi connectivity index (χ1) is 31.7. The first-order valence-electron chi connectivity index (χ1n) is 22.0. The van der Waals surface area contributed by atoms with Gasteiger partial charge in [0.25, 0.3) is 0 Å². The molecular weight excluding hydrogens is 773 g/mol. The Kier molecular flexibility index (Phi) is 9.20. The molecule has 0 bridgehead atoms. The molecule has 1 heterocycles. The first kappa shape index (κ1) is 37.3. The molecule has 0 aliphatic heterocycles. The highest BCUT2D eigenvalue weighted by atomic mass is 15.1. The first-order valence-corrected chi connectivity index (χ1v) is 22.0. The van der Waals surface area contributed by atoms with Gasteiger partial charge in [-0.1, -0.05) is 170 Å². The SMILES string of the molecule is c1cc(-c2ccc(N(c3ccc(-c4cccc(-c5ccc6ccccc6c5)c4)cc3)c3ccc(-n4c5ccccc5c5ccccc54)cc3)cc2)cc(-c2ccc3ccccc3c2)c1. The average molecular weight is 815 g/mol. The van der Waals surface area contributed by atoms with Gasteiger partial charge in [0, 0.05) is 33.5 Å². The lowest BCUT2D eigenvalue weighted by Crippen LogP contribution is -2.10. The molecule has 0 atom stereocenters. The molecule has 2 heteroatoms. The molecule has 12 rings (SSSR count). The highest BCUT2D eigenvalue weighted by Crippen LogP contribution is 2.39. The molecule has 0 spiro atoms. The number of hydrogen-bond acceptors (Lipinski definition) is 1. The van der Waals surface area contributed by atoms with Crippen LogP contribution in [0.5, 0.6) is 0 Å². The van der Waals surface area contributed by atoms with E-state index in [1.165, 1.54) is 87.9 Å². The summed E-state index contributed by atoms with van der Waals surface area (Å²) in [6, 6.07) is 92.7. The Bertz CT molecular complexity index is 3430. The van der Waals surface area contributed by atoms with Crippen LogP contribution in [0, 0.1) is 0 Å². The van der Waals surface area contributed by atoms with Gasteiger partial charge >= 0.3 is 0 Å². The van der Waals surface area contributed by atoms with Crippen molar-refractivity contribution in [2.75, 3.05) is 4.90 Å². The van der Waals surface area contributed by atoms with E-state index in [-0.39, 0.29) is 0 Å². The number of para-hydroxylation sites is 2. The molecule has 0 saturated carbocycles.